The van der Waals surface area contributed by atoms with E-state index < -0.39 is 6.10 Å². The molecule has 0 spiro atoms. The summed E-state index contributed by atoms with van der Waals surface area (Å²) in [7, 11) is 0. The standard InChI is InChI=1S/C20H34O4/c1-18(17(24)11-21)7-6-15-13(8-18)4-5-16-19(2,12-22)9-14(23)10-20(15,16)3/h8,14-17,21-24H,4-7,9-12H2,1-3H3/t14-,15-,16+,17-,18+,19+,20-/m1/s1. The third kappa shape index (κ3) is 2.66. The number of hydrogen-bond acceptors (Lipinski definition) is 4. The molecule has 3 aliphatic carbocycles. The van der Waals surface area contributed by atoms with Crippen LogP contribution in [0.25, 0.3) is 0 Å². The van der Waals surface area contributed by atoms with Crippen molar-refractivity contribution in [3.8, 4) is 0 Å². The van der Waals surface area contributed by atoms with Gasteiger partial charge in [0.25, 0.3) is 0 Å². The molecule has 2 fully saturated rings. The van der Waals surface area contributed by atoms with E-state index in [-0.39, 0.29) is 35.6 Å². The molecule has 0 unspecified atom stereocenters. The number of aliphatic hydroxyl groups is 4. The quantitative estimate of drug-likeness (QED) is 0.595. The molecule has 24 heavy (non-hydrogen) atoms. The van der Waals surface area contributed by atoms with E-state index in [0.717, 1.165) is 32.1 Å². The third-order valence-electron chi connectivity index (χ3n) is 7.76. The minimum atomic E-state index is -0.712. The lowest BCUT2D eigenvalue weighted by Gasteiger charge is -2.61. The second kappa shape index (κ2) is 6.08. The van der Waals surface area contributed by atoms with Crippen molar-refractivity contribution in [3.05, 3.63) is 11.6 Å². The van der Waals surface area contributed by atoms with E-state index in [2.05, 4.69) is 19.9 Å². The van der Waals surface area contributed by atoms with Gasteiger partial charge in [-0.2, -0.15) is 0 Å². The van der Waals surface area contributed by atoms with E-state index in [4.69, 9.17) is 0 Å². The van der Waals surface area contributed by atoms with Crippen LogP contribution in [0.4, 0.5) is 0 Å². The Morgan fingerprint density at radius 1 is 1.17 bits per heavy atom. The molecule has 0 heterocycles. The largest absolute Gasteiger partial charge is 0.396 e. The Morgan fingerprint density at radius 2 is 1.88 bits per heavy atom. The smallest absolute Gasteiger partial charge is 0.0858 e. The molecular formula is C20H34O4. The van der Waals surface area contributed by atoms with E-state index >= 15 is 0 Å². The monoisotopic (exact) mass is 338 g/mol. The molecule has 3 rings (SSSR count). The summed E-state index contributed by atoms with van der Waals surface area (Å²) in [6.45, 7) is 6.41. The maximum Gasteiger partial charge on any atom is 0.0858 e. The Balaban J connectivity index is 1.95. The van der Waals surface area contributed by atoms with Crippen molar-refractivity contribution < 1.29 is 20.4 Å². The molecule has 7 atom stereocenters. The molecule has 4 heteroatoms. The lowest BCUT2D eigenvalue weighted by molar-refractivity contribution is -0.134. The molecular weight excluding hydrogens is 304 g/mol. The number of aliphatic hydroxyl groups excluding tert-OH is 4. The van der Waals surface area contributed by atoms with E-state index in [1.54, 1.807) is 0 Å². The summed E-state index contributed by atoms with van der Waals surface area (Å²) in [5, 5.41) is 40.1. The van der Waals surface area contributed by atoms with Crippen LogP contribution in [0.3, 0.4) is 0 Å². The molecule has 0 radical (unpaired) electrons. The summed E-state index contributed by atoms with van der Waals surface area (Å²) in [5.74, 6) is 0.837. The first kappa shape index (κ1) is 18.4. The van der Waals surface area contributed by atoms with Gasteiger partial charge >= 0.3 is 0 Å². The second-order valence-corrected chi connectivity index (χ2v) is 9.49. The van der Waals surface area contributed by atoms with Gasteiger partial charge in [0.15, 0.2) is 0 Å². The minimum Gasteiger partial charge on any atom is -0.396 e. The summed E-state index contributed by atoms with van der Waals surface area (Å²) >= 11 is 0. The molecule has 0 bridgehead atoms. The van der Waals surface area contributed by atoms with Gasteiger partial charge in [-0.1, -0.05) is 32.4 Å². The Hall–Kier alpha value is -0.420. The van der Waals surface area contributed by atoms with Crippen molar-refractivity contribution in [2.24, 2.45) is 28.1 Å². The fraction of sp³-hybridized carbons (Fsp3) is 0.900. The maximum absolute atomic E-state index is 10.5. The van der Waals surface area contributed by atoms with Gasteiger partial charge in [-0.3, -0.25) is 0 Å². The molecule has 2 saturated carbocycles. The Morgan fingerprint density at radius 3 is 2.50 bits per heavy atom. The minimum absolute atomic E-state index is 0.00469. The second-order valence-electron chi connectivity index (χ2n) is 9.49. The number of rotatable bonds is 3. The van der Waals surface area contributed by atoms with Gasteiger partial charge in [-0.25, -0.2) is 0 Å². The zero-order valence-corrected chi connectivity index (χ0v) is 15.3. The van der Waals surface area contributed by atoms with Crippen LogP contribution in [0.2, 0.25) is 0 Å². The van der Waals surface area contributed by atoms with Gasteiger partial charge in [0, 0.05) is 12.0 Å². The molecule has 0 aromatic carbocycles. The molecule has 4 N–H and O–H groups in total. The van der Waals surface area contributed by atoms with Crippen LogP contribution in [0, 0.1) is 28.1 Å². The van der Waals surface area contributed by atoms with Crippen molar-refractivity contribution in [1.29, 1.82) is 0 Å². The average Bonchev–Trinajstić information content (AvgIpc) is 2.52. The maximum atomic E-state index is 10.5. The highest BCUT2D eigenvalue weighted by atomic mass is 16.3. The lowest BCUT2D eigenvalue weighted by Crippen LogP contribution is -2.56. The number of allylic oxidation sites excluding steroid dienone is 1. The Bertz CT molecular complexity index is 518. The fourth-order valence-corrected chi connectivity index (χ4v) is 6.46. The molecule has 0 aliphatic heterocycles. The first-order chi connectivity index (χ1) is 11.2. The molecule has 0 amide bonds. The first-order valence-corrected chi connectivity index (χ1v) is 9.48. The molecule has 0 saturated heterocycles. The average molecular weight is 338 g/mol. The highest BCUT2D eigenvalue weighted by Crippen LogP contribution is 2.63. The van der Waals surface area contributed by atoms with Gasteiger partial charge < -0.3 is 20.4 Å². The van der Waals surface area contributed by atoms with Crippen LogP contribution >= 0.6 is 0 Å². The highest BCUT2D eigenvalue weighted by molar-refractivity contribution is 5.25. The van der Waals surface area contributed by atoms with Gasteiger partial charge in [0.05, 0.1) is 18.8 Å². The van der Waals surface area contributed by atoms with Crippen molar-refractivity contribution in [2.45, 2.75) is 71.5 Å². The van der Waals surface area contributed by atoms with E-state index in [0.29, 0.717) is 18.3 Å². The lowest BCUT2D eigenvalue weighted by atomic mass is 9.44. The zero-order valence-electron chi connectivity index (χ0n) is 15.3. The molecule has 0 aromatic heterocycles. The summed E-state index contributed by atoms with van der Waals surface area (Å²) in [5.41, 5.74) is 0.843. The van der Waals surface area contributed by atoms with Crippen LogP contribution in [0.15, 0.2) is 11.6 Å². The Kier molecular flexibility index (Phi) is 4.66. The van der Waals surface area contributed by atoms with Crippen LogP contribution in [0.5, 0.6) is 0 Å². The summed E-state index contributed by atoms with van der Waals surface area (Å²) in [6.07, 6.45) is 6.54. The summed E-state index contributed by atoms with van der Waals surface area (Å²) in [4.78, 5) is 0. The van der Waals surface area contributed by atoms with Crippen molar-refractivity contribution in [1.82, 2.24) is 0 Å². The molecule has 138 valence electrons. The van der Waals surface area contributed by atoms with Crippen LogP contribution in [-0.4, -0.2) is 45.8 Å². The first-order valence-electron chi connectivity index (χ1n) is 9.48. The van der Waals surface area contributed by atoms with Crippen LogP contribution < -0.4 is 0 Å². The van der Waals surface area contributed by atoms with E-state index in [9.17, 15) is 20.4 Å². The highest BCUT2D eigenvalue weighted by Gasteiger charge is 2.57. The number of fused-ring (bicyclic) bond motifs is 3. The third-order valence-corrected chi connectivity index (χ3v) is 7.76. The molecule has 4 nitrogen and oxygen atoms in total. The summed E-state index contributed by atoms with van der Waals surface area (Å²) < 4.78 is 0. The summed E-state index contributed by atoms with van der Waals surface area (Å²) in [6, 6.07) is 0. The predicted octanol–water partition coefficient (Wildman–Crippen LogP) is 2.25. The molecule has 0 aromatic rings. The topological polar surface area (TPSA) is 80.9 Å². The van der Waals surface area contributed by atoms with Crippen molar-refractivity contribution in [3.63, 3.8) is 0 Å². The van der Waals surface area contributed by atoms with Crippen molar-refractivity contribution >= 4 is 0 Å². The van der Waals surface area contributed by atoms with Crippen LogP contribution in [0.1, 0.15) is 59.3 Å². The SMILES string of the molecule is C[C@@]1(CO)C[C@@H](O)C[C@]2(C)[C@@H]3CC[C@](C)([C@H](O)CO)C=C3CC[C@@H]12. The van der Waals surface area contributed by atoms with Gasteiger partial charge in [0.1, 0.15) is 0 Å². The Labute approximate surface area is 145 Å². The fourth-order valence-electron chi connectivity index (χ4n) is 6.46. The molecule has 3 aliphatic rings. The van der Waals surface area contributed by atoms with Gasteiger partial charge in [-0.05, 0) is 61.2 Å². The zero-order chi connectivity index (χ0) is 17.8. The van der Waals surface area contributed by atoms with Crippen LogP contribution in [-0.2, 0) is 0 Å². The van der Waals surface area contributed by atoms with Crippen molar-refractivity contribution in [2.75, 3.05) is 13.2 Å². The number of hydrogen-bond donors (Lipinski definition) is 4. The van der Waals surface area contributed by atoms with E-state index in [1.807, 2.05) is 6.92 Å². The predicted molar refractivity (Wildman–Crippen MR) is 93.3 cm³/mol. The van der Waals surface area contributed by atoms with E-state index in [1.165, 1.54) is 5.57 Å². The van der Waals surface area contributed by atoms with Gasteiger partial charge in [-0.15, -0.1) is 0 Å². The normalized spacial score (nSPS) is 49.8. The van der Waals surface area contributed by atoms with Gasteiger partial charge in [0.2, 0.25) is 0 Å².